The van der Waals surface area contributed by atoms with Crippen LogP contribution in [0.15, 0.2) is 24.3 Å². The monoisotopic (exact) mass is 289 g/mol. The lowest BCUT2D eigenvalue weighted by atomic mass is 9.89. The number of hydrogen-bond acceptors (Lipinski definition) is 3. The lowest BCUT2D eigenvalue weighted by molar-refractivity contribution is -0.147. The van der Waals surface area contributed by atoms with Gasteiger partial charge < -0.3 is 14.7 Å². The van der Waals surface area contributed by atoms with Crippen molar-refractivity contribution < 1.29 is 19.4 Å². The number of hydrogen-bond donors (Lipinski definition) is 1. The van der Waals surface area contributed by atoms with E-state index in [4.69, 9.17) is 4.74 Å². The predicted octanol–water partition coefficient (Wildman–Crippen LogP) is 1.88. The first-order valence-electron chi connectivity index (χ1n) is 7.25. The molecule has 1 aromatic carbocycles. The van der Waals surface area contributed by atoms with Crippen molar-refractivity contribution in [1.82, 2.24) is 4.90 Å². The van der Waals surface area contributed by atoms with Crippen molar-refractivity contribution >= 4 is 11.9 Å². The summed E-state index contributed by atoms with van der Waals surface area (Å²) in [6.07, 6.45) is 1.16. The van der Waals surface area contributed by atoms with Gasteiger partial charge in [0.05, 0.1) is 17.9 Å². The molecule has 21 heavy (non-hydrogen) atoms. The molecule has 1 amide bonds. The summed E-state index contributed by atoms with van der Waals surface area (Å²) in [6, 6.07) is 7.59. The highest BCUT2D eigenvalue weighted by atomic mass is 16.5. The molecule has 2 heterocycles. The van der Waals surface area contributed by atoms with Gasteiger partial charge in [-0.15, -0.1) is 0 Å². The van der Waals surface area contributed by atoms with Crippen molar-refractivity contribution in [2.45, 2.75) is 25.7 Å². The van der Waals surface area contributed by atoms with Gasteiger partial charge in [-0.05, 0) is 25.8 Å². The zero-order valence-corrected chi connectivity index (χ0v) is 12.0. The highest BCUT2D eigenvalue weighted by Gasteiger charge is 2.44. The molecule has 5 heteroatoms. The summed E-state index contributed by atoms with van der Waals surface area (Å²) in [5, 5.41) is 9.28. The molecular weight excluding hydrogens is 270 g/mol. The molecular formula is C16H19NO4. The topological polar surface area (TPSA) is 66.8 Å². The van der Waals surface area contributed by atoms with Gasteiger partial charge in [0.25, 0.3) is 0 Å². The Morgan fingerprint density at radius 1 is 1.38 bits per heavy atom. The molecule has 112 valence electrons. The van der Waals surface area contributed by atoms with Crippen LogP contribution in [-0.2, 0) is 9.59 Å². The Hall–Kier alpha value is -2.04. The third-order valence-corrected chi connectivity index (χ3v) is 4.56. The summed E-state index contributed by atoms with van der Waals surface area (Å²) < 4.78 is 5.58. The second kappa shape index (κ2) is 5.06. The predicted molar refractivity (Wildman–Crippen MR) is 76.2 cm³/mol. The number of rotatable bonds is 2. The maximum absolute atomic E-state index is 12.8. The molecule has 2 aliphatic rings. The first kappa shape index (κ1) is 13.9. The molecule has 1 fully saturated rings. The molecule has 1 saturated heterocycles. The Bertz CT molecular complexity index is 585. The fourth-order valence-electron chi connectivity index (χ4n) is 3.14. The van der Waals surface area contributed by atoms with Crippen LogP contribution in [0.1, 0.15) is 31.2 Å². The largest absolute Gasteiger partial charge is 0.493 e. The zero-order valence-electron chi connectivity index (χ0n) is 12.0. The van der Waals surface area contributed by atoms with Crippen molar-refractivity contribution in [3.63, 3.8) is 0 Å². The second-order valence-corrected chi connectivity index (χ2v) is 6.10. The second-order valence-electron chi connectivity index (χ2n) is 6.10. The Morgan fingerprint density at radius 3 is 2.86 bits per heavy atom. The van der Waals surface area contributed by atoms with E-state index in [1.54, 1.807) is 11.8 Å². The van der Waals surface area contributed by atoms with Gasteiger partial charge in [0, 0.05) is 18.7 Å². The third kappa shape index (κ3) is 2.37. The van der Waals surface area contributed by atoms with Crippen LogP contribution in [-0.4, -0.2) is 41.6 Å². The van der Waals surface area contributed by atoms with E-state index in [1.807, 2.05) is 24.3 Å². The van der Waals surface area contributed by atoms with E-state index in [0.29, 0.717) is 32.5 Å². The summed E-state index contributed by atoms with van der Waals surface area (Å²) in [5.41, 5.74) is 0.0954. The van der Waals surface area contributed by atoms with E-state index < -0.39 is 11.4 Å². The molecule has 3 rings (SSSR count). The number of likely N-dealkylation sites (tertiary alicyclic amines) is 1. The van der Waals surface area contributed by atoms with Gasteiger partial charge in [0.2, 0.25) is 5.91 Å². The number of aliphatic carboxylic acids is 1. The van der Waals surface area contributed by atoms with Crippen LogP contribution in [0.2, 0.25) is 0 Å². The summed E-state index contributed by atoms with van der Waals surface area (Å²) in [7, 11) is 0. The van der Waals surface area contributed by atoms with Gasteiger partial charge in [0.1, 0.15) is 5.75 Å². The number of ether oxygens (including phenoxy) is 1. The molecule has 0 bridgehead atoms. The fourth-order valence-corrected chi connectivity index (χ4v) is 3.14. The van der Waals surface area contributed by atoms with Crippen LogP contribution in [0.3, 0.4) is 0 Å². The lowest BCUT2D eigenvalue weighted by Gasteiger charge is -2.29. The molecule has 0 aliphatic carbocycles. The molecule has 0 radical (unpaired) electrons. The third-order valence-electron chi connectivity index (χ3n) is 4.56. The summed E-state index contributed by atoms with van der Waals surface area (Å²) in [4.78, 5) is 25.8. The number of nitrogens with zero attached hydrogens (tertiary/aromatic N) is 1. The first-order chi connectivity index (χ1) is 10.0. The molecule has 1 N–H and O–H groups in total. The van der Waals surface area contributed by atoms with Crippen LogP contribution < -0.4 is 4.74 Å². The minimum absolute atomic E-state index is 0.0238. The molecule has 0 saturated carbocycles. The van der Waals surface area contributed by atoms with Gasteiger partial charge in [-0.1, -0.05) is 18.2 Å². The van der Waals surface area contributed by atoms with Crippen LogP contribution in [0.5, 0.6) is 5.75 Å². The summed E-state index contributed by atoms with van der Waals surface area (Å²) >= 11 is 0. The first-order valence-corrected chi connectivity index (χ1v) is 7.25. The average Bonchev–Trinajstić information content (AvgIpc) is 2.90. The lowest BCUT2D eigenvalue weighted by Crippen LogP contribution is -2.38. The number of carbonyl (C=O) groups is 2. The van der Waals surface area contributed by atoms with Crippen molar-refractivity contribution in [2.75, 3.05) is 19.7 Å². The number of carboxylic acids is 1. The highest BCUT2D eigenvalue weighted by molar-refractivity contribution is 5.86. The molecule has 0 aromatic heterocycles. The zero-order chi connectivity index (χ0) is 15.0. The normalized spacial score (nSPS) is 27.9. The van der Waals surface area contributed by atoms with Crippen LogP contribution in [0, 0.1) is 5.41 Å². The number of carboxylic acid groups (broad SMARTS) is 1. The highest BCUT2D eigenvalue weighted by Crippen LogP contribution is 2.37. The summed E-state index contributed by atoms with van der Waals surface area (Å²) in [6.45, 7) is 3.04. The maximum Gasteiger partial charge on any atom is 0.311 e. The number of carbonyl (C=O) groups excluding carboxylic acids is 1. The number of para-hydroxylation sites is 1. The van der Waals surface area contributed by atoms with Gasteiger partial charge >= 0.3 is 5.97 Å². The molecule has 2 aliphatic heterocycles. The standard InChI is InChI=1S/C16H19NO4/c1-16(15(19)20)7-8-17(10-16)14(18)12-6-9-21-13-5-3-2-4-11(12)13/h2-5,12H,6-10H2,1H3,(H,19,20). The molecule has 5 nitrogen and oxygen atoms in total. The summed E-state index contributed by atoms with van der Waals surface area (Å²) in [5.74, 6) is -0.255. The van der Waals surface area contributed by atoms with E-state index in [2.05, 4.69) is 0 Å². The van der Waals surface area contributed by atoms with Crippen LogP contribution in [0.25, 0.3) is 0 Å². The minimum Gasteiger partial charge on any atom is -0.493 e. The van der Waals surface area contributed by atoms with Gasteiger partial charge in [-0.25, -0.2) is 0 Å². The Labute approximate surface area is 123 Å². The van der Waals surface area contributed by atoms with E-state index in [9.17, 15) is 14.7 Å². The van der Waals surface area contributed by atoms with E-state index >= 15 is 0 Å². The van der Waals surface area contributed by atoms with Crippen molar-refractivity contribution in [3.8, 4) is 5.75 Å². The van der Waals surface area contributed by atoms with Crippen LogP contribution >= 0.6 is 0 Å². The smallest absolute Gasteiger partial charge is 0.311 e. The molecule has 1 aromatic rings. The Morgan fingerprint density at radius 2 is 2.14 bits per heavy atom. The van der Waals surface area contributed by atoms with Gasteiger partial charge in [0.15, 0.2) is 0 Å². The van der Waals surface area contributed by atoms with Gasteiger partial charge in [-0.2, -0.15) is 0 Å². The quantitative estimate of drug-likeness (QED) is 0.902. The van der Waals surface area contributed by atoms with E-state index in [-0.39, 0.29) is 11.8 Å². The van der Waals surface area contributed by atoms with Crippen molar-refractivity contribution in [1.29, 1.82) is 0 Å². The van der Waals surface area contributed by atoms with Crippen molar-refractivity contribution in [3.05, 3.63) is 29.8 Å². The van der Waals surface area contributed by atoms with Gasteiger partial charge in [-0.3, -0.25) is 9.59 Å². The van der Waals surface area contributed by atoms with Crippen molar-refractivity contribution in [2.24, 2.45) is 5.41 Å². The number of fused-ring (bicyclic) bond motifs is 1. The molecule has 2 unspecified atom stereocenters. The number of benzene rings is 1. The fraction of sp³-hybridized carbons (Fsp3) is 0.500. The SMILES string of the molecule is CC1(C(=O)O)CCN(C(=O)C2CCOc3ccccc32)C1. The van der Waals surface area contributed by atoms with E-state index in [1.165, 1.54) is 0 Å². The molecule has 0 spiro atoms. The molecule has 2 atom stereocenters. The maximum atomic E-state index is 12.8. The number of amides is 1. The minimum atomic E-state index is -0.829. The Kier molecular flexibility index (Phi) is 3.35. The average molecular weight is 289 g/mol. The van der Waals surface area contributed by atoms with E-state index in [0.717, 1.165) is 11.3 Å². The van der Waals surface area contributed by atoms with Crippen LogP contribution in [0.4, 0.5) is 0 Å². The Balaban J connectivity index is 1.80.